The van der Waals surface area contributed by atoms with Crippen molar-refractivity contribution in [3.63, 3.8) is 0 Å². The number of rotatable bonds is 1. The predicted molar refractivity (Wildman–Crippen MR) is 57.0 cm³/mol. The van der Waals surface area contributed by atoms with Crippen molar-refractivity contribution in [2.75, 3.05) is 13.1 Å². The van der Waals surface area contributed by atoms with Crippen LogP contribution in [0.2, 0.25) is 0 Å². The molecule has 2 rings (SSSR count). The molecule has 0 amide bonds. The molecule has 1 heterocycles. The molecule has 0 bridgehead atoms. The Balaban J connectivity index is 1.94. The topological polar surface area (TPSA) is 20.3 Å². The quantitative estimate of drug-likeness (QED) is 0.637. The lowest BCUT2D eigenvalue weighted by Crippen LogP contribution is -2.26. The van der Waals surface area contributed by atoms with E-state index in [1.165, 1.54) is 50.9 Å². The van der Waals surface area contributed by atoms with Gasteiger partial charge in [-0.3, -0.25) is 4.79 Å². The fourth-order valence-electron chi connectivity index (χ4n) is 2.37. The summed E-state index contributed by atoms with van der Waals surface area (Å²) < 4.78 is 0. The number of nitrogens with zero attached hydrogens (tertiary/aromatic N) is 1. The van der Waals surface area contributed by atoms with Gasteiger partial charge in [0.05, 0.1) is 0 Å². The van der Waals surface area contributed by atoms with Crippen molar-refractivity contribution in [2.45, 2.75) is 44.9 Å². The Morgan fingerprint density at radius 2 is 1.57 bits per heavy atom. The molecule has 1 aliphatic carbocycles. The number of hydrogen-bond donors (Lipinski definition) is 0. The number of allylic oxidation sites excluding steroid dienone is 2. The van der Waals surface area contributed by atoms with Gasteiger partial charge >= 0.3 is 0 Å². The van der Waals surface area contributed by atoms with Crippen molar-refractivity contribution in [1.82, 2.24) is 4.90 Å². The highest BCUT2D eigenvalue weighted by molar-refractivity contribution is 5.92. The van der Waals surface area contributed by atoms with Gasteiger partial charge in [-0.1, -0.05) is 19.3 Å². The number of carbonyl (C=O) groups excluding carboxylic acids is 1. The summed E-state index contributed by atoms with van der Waals surface area (Å²) >= 11 is 0. The highest BCUT2D eigenvalue weighted by atomic mass is 16.1. The first-order chi connectivity index (χ1) is 6.86. The molecular formula is C12H19NO. The van der Waals surface area contributed by atoms with Crippen molar-refractivity contribution in [2.24, 2.45) is 0 Å². The summed E-state index contributed by atoms with van der Waals surface area (Å²) in [7, 11) is 0. The zero-order valence-electron chi connectivity index (χ0n) is 8.80. The van der Waals surface area contributed by atoms with Gasteiger partial charge in [-0.2, -0.15) is 0 Å². The molecule has 2 nitrogen and oxygen atoms in total. The summed E-state index contributed by atoms with van der Waals surface area (Å²) in [6.07, 6.45) is 10.3. The van der Waals surface area contributed by atoms with Gasteiger partial charge in [-0.25, -0.2) is 0 Å². The Hall–Kier alpha value is -0.790. The Bertz CT molecular complexity index is 237. The van der Waals surface area contributed by atoms with E-state index in [9.17, 15) is 4.79 Å². The van der Waals surface area contributed by atoms with Crippen LogP contribution in [0.1, 0.15) is 44.9 Å². The van der Waals surface area contributed by atoms with Gasteiger partial charge in [-0.15, -0.1) is 0 Å². The van der Waals surface area contributed by atoms with Crippen LogP contribution in [0.15, 0.2) is 11.8 Å². The maximum Gasteiger partial charge on any atom is 0.157 e. The Kier molecular flexibility index (Phi) is 3.22. The van der Waals surface area contributed by atoms with Crippen LogP contribution in [0.5, 0.6) is 0 Å². The summed E-state index contributed by atoms with van der Waals surface area (Å²) in [4.78, 5) is 13.6. The lowest BCUT2D eigenvalue weighted by atomic mass is 10.1. The van der Waals surface area contributed by atoms with Crippen LogP contribution in [0.25, 0.3) is 0 Å². The van der Waals surface area contributed by atoms with Crippen LogP contribution in [0, 0.1) is 0 Å². The molecule has 0 N–H and O–H groups in total. The van der Waals surface area contributed by atoms with E-state index in [-0.39, 0.29) is 0 Å². The predicted octanol–water partition coefficient (Wildman–Crippen LogP) is 2.50. The molecule has 0 radical (unpaired) electrons. The second-order valence-electron chi connectivity index (χ2n) is 4.36. The number of hydrogen-bond acceptors (Lipinski definition) is 2. The summed E-state index contributed by atoms with van der Waals surface area (Å²) in [5, 5.41) is 0. The SMILES string of the molecule is O=C1C=C(N2CCCCCCC2)CC1. The summed E-state index contributed by atoms with van der Waals surface area (Å²) in [6, 6.07) is 0. The first-order valence-corrected chi connectivity index (χ1v) is 5.84. The number of carbonyl (C=O) groups is 1. The maximum atomic E-state index is 11.1. The largest absolute Gasteiger partial charge is 0.375 e. The van der Waals surface area contributed by atoms with Crippen LogP contribution in [-0.4, -0.2) is 23.8 Å². The second kappa shape index (κ2) is 4.63. The molecule has 0 unspecified atom stereocenters. The third kappa shape index (κ3) is 2.37. The molecule has 2 heteroatoms. The first-order valence-electron chi connectivity index (χ1n) is 5.84. The summed E-state index contributed by atoms with van der Waals surface area (Å²) in [5.74, 6) is 0.321. The monoisotopic (exact) mass is 193 g/mol. The number of ketones is 1. The normalized spacial score (nSPS) is 24.4. The zero-order valence-corrected chi connectivity index (χ0v) is 8.80. The van der Waals surface area contributed by atoms with Crippen LogP contribution in [-0.2, 0) is 4.79 Å². The molecule has 1 fully saturated rings. The fraction of sp³-hybridized carbons (Fsp3) is 0.750. The molecule has 78 valence electrons. The van der Waals surface area contributed by atoms with Gasteiger partial charge in [0.1, 0.15) is 0 Å². The van der Waals surface area contributed by atoms with E-state index in [1.807, 2.05) is 6.08 Å². The van der Waals surface area contributed by atoms with Crippen LogP contribution in [0.3, 0.4) is 0 Å². The van der Waals surface area contributed by atoms with Crippen molar-refractivity contribution in [1.29, 1.82) is 0 Å². The summed E-state index contributed by atoms with van der Waals surface area (Å²) in [5.41, 5.74) is 1.30. The first kappa shape index (κ1) is 9.75. The second-order valence-corrected chi connectivity index (χ2v) is 4.36. The molecule has 0 spiro atoms. The average molecular weight is 193 g/mol. The third-order valence-electron chi connectivity index (χ3n) is 3.22. The van der Waals surface area contributed by atoms with E-state index >= 15 is 0 Å². The lowest BCUT2D eigenvalue weighted by Gasteiger charge is -2.27. The van der Waals surface area contributed by atoms with Crippen molar-refractivity contribution < 1.29 is 4.79 Å². The Morgan fingerprint density at radius 3 is 2.14 bits per heavy atom. The van der Waals surface area contributed by atoms with E-state index in [0.717, 1.165) is 12.8 Å². The maximum absolute atomic E-state index is 11.1. The van der Waals surface area contributed by atoms with Gasteiger partial charge in [0, 0.05) is 31.3 Å². The van der Waals surface area contributed by atoms with Crippen molar-refractivity contribution in [3.05, 3.63) is 11.8 Å². The van der Waals surface area contributed by atoms with E-state index in [0.29, 0.717) is 5.78 Å². The van der Waals surface area contributed by atoms with Crippen molar-refractivity contribution in [3.8, 4) is 0 Å². The van der Waals surface area contributed by atoms with Crippen LogP contribution in [0.4, 0.5) is 0 Å². The number of likely N-dealkylation sites (tertiary alicyclic amines) is 1. The summed E-state index contributed by atoms with van der Waals surface area (Å²) in [6.45, 7) is 2.33. The minimum atomic E-state index is 0.321. The van der Waals surface area contributed by atoms with Crippen molar-refractivity contribution >= 4 is 5.78 Å². The highest BCUT2D eigenvalue weighted by Crippen LogP contribution is 2.22. The zero-order chi connectivity index (χ0) is 9.80. The van der Waals surface area contributed by atoms with Gasteiger partial charge < -0.3 is 4.90 Å². The lowest BCUT2D eigenvalue weighted by molar-refractivity contribution is -0.114. The fourth-order valence-corrected chi connectivity index (χ4v) is 2.37. The molecule has 0 aromatic rings. The minimum absolute atomic E-state index is 0.321. The molecule has 2 aliphatic rings. The molecule has 0 saturated carbocycles. The average Bonchev–Trinajstić information content (AvgIpc) is 2.51. The molecule has 1 aliphatic heterocycles. The van der Waals surface area contributed by atoms with Crippen LogP contribution >= 0.6 is 0 Å². The van der Waals surface area contributed by atoms with Crippen LogP contribution < -0.4 is 0 Å². The molecule has 0 atom stereocenters. The smallest absolute Gasteiger partial charge is 0.157 e. The van der Waals surface area contributed by atoms with Gasteiger partial charge in [0.25, 0.3) is 0 Å². The molecule has 1 saturated heterocycles. The Labute approximate surface area is 86.0 Å². The Morgan fingerprint density at radius 1 is 0.929 bits per heavy atom. The van der Waals surface area contributed by atoms with Gasteiger partial charge in [0.2, 0.25) is 0 Å². The van der Waals surface area contributed by atoms with Gasteiger partial charge in [0.15, 0.2) is 5.78 Å². The van der Waals surface area contributed by atoms with E-state index in [2.05, 4.69) is 4.90 Å². The highest BCUT2D eigenvalue weighted by Gasteiger charge is 2.18. The van der Waals surface area contributed by atoms with Gasteiger partial charge in [-0.05, 0) is 19.3 Å². The molecule has 0 aromatic carbocycles. The molecule has 0 aromatic heterocycles. The van der Waals surface area contributed by atoms with E-state index < -0.39 is 0 Å². The standard InChI is InChI=1S/C12H19NO/c14-12-7-6-11(10-12)13-8-4-2-1-3-5-9-13/h10H,1-9H2. The molecule has 14 heavy (non-hydrogen) atoms. The van der Waals surface area contributed by atoms with E-state index in [4.69, 9.17) is 0 Å². The third-order valence-corrected chi connectivity index (χ3v) is 3.22. The minimum Gasteiger partial charge on any atom is -0.375 e. The van der Waals surface area contributed by atoms with E-state index in [1.54, 1.807) is 0 Å². The molecular weight excluding hydrogens is 174 g/mol.